The van der Waals surface area contributed by atoms with Crippen molar-refractivity contribution in [3.8, 4) is 51.4 Å². The van der Waals surface area contributed by atoms with E-state index in [1.165, 1.54) is 37.3 Å². The second-order valence-electron chi connectivity index (χ2n) is 15.3. The van der Waals surface area contributed by atoms with E-state index in [0.29, 0.717) is 5.56 Å². The third-order valence-corrected chi connectivity index (χ3v) is 10.8. The molecule has 0 amide bonds. The number of ether oxygens (including phenoxy) is 7. The molecular weight excluding hydrogens is 856 g/mol. The highest BCUT2D eigenvalue weighted by molar-refractivity contribution is 5.87. The van der Waals surface area contributed by atoms with Crippen molar-refractivity contribution in [2.75, 3.05) is 13.2 Å². The van der Waals surface area contributed by atoms with Crippen molar-refractivity contribution < 1.29 is 104 Å². The number of phenolic OH excluding ortho intramolecular Hbond substituents is 3. The molecule has 3 fully saturated rings. The maximum atomic E-state index is 12.9. The van der Waals surface area contributed by atoms with Crippen molar-refractivity contribution >= 4 is 12.0 Å². The Labute approximate surface area is 361 Å². The first-order valence-electron chi connectivity index (χ1n) is 19.7. The van der Waals surface area contributed by atoms with E-state index in [2.05, 4.69) is 0 Å². The highest BCUT2D eigenvalue weighted by atomic mass is 16.7. The van der Waals surface area contributed by atoms with E-state index in [1.807, 2.05) is 0 Å². The van der Waals surface area contributed by atoms with Crippen LogP contribution in [-0.2, 0) is 28.5 Å². The molecule has 4 aliphatic heterocycles. The van der Waals surface area contributed by atoms with E-state index in [-0.39, 0.29) is 39.9 Å². The highest BCUT2D eigenvalue weighted by Crippen LogP contribution is 2.44. The predicted molar refractivity (Wildman–Crippen MR) is 211 cm³/mol. The van der Waals surface area contributed by atoms with Crippen LogP contribution in [0, 0.1) is 0 Å². The van der Waals surface area contributed by atoms with Crippen molar-refractivity contribution in [3.05, 3.63) is 82.5 Å². The van der Waals surface area contributed by atoms with Crippen LogP contribution in [0.2, 0.25) is 0 Å². The molecule has 15 atom stereocenters. The van der Waals surface area contributed by atoms with Gasteiger partial charge < -0.3 is 98.9 Å². The quantitative estimate of drug-likeness (QED) is 0.0416. The van der Waals surface area contributed by atoms with Gasteiger partial charge in [-0.15, -0.1) is 0 Å². The normalized spacial score (nSPS) is 33.2. The number of hydrogen-bond acceptors (Lipinski definition) is 22. The van der Waals surface area contributed by atoms with Crippen LogP contribution >= 0.6 is 0 Å². The van der Waals surface area contributed by atoms with Gasteiger partial charge in [0.15, 0.2) is 40.8 Å². The molecular formula is C42H46O22. The van der Waals surface area contributed by atoms with Crippen LogP contribution in [0.3, 0.4) is 0 Å². The van der Waals surface area contributed by atoms with Crippen molar-refractivity contribution in [2.45, 2.75) is 99.0 Å². The molecule has 0 unspecified atom stereocenters. The first-order chi connectivity index (χ1) is 30.4. The second-order valence-corrected chi connectivity index (χ2v) is 15.3. The molecule has 0 spiro atoms. The number of aromatic hydroxyl groups is 3. The minimum Gasteiger partial charge on any atom is -0.508 e. The molecule has 346 valence electrons. The van der Waals surface area contributed by atoms with Gasteiger partial charge in [-0.05, 0) is 55.0 Å². The fourth-order valence-corrected chi connectivity index (χ4v) is 7.20. The van der Waals surface area contributed by atoms with Crippen molar-refractivity contribution in [1.29, 1.82) is 0 Å². The highest BCUT2D eigenvalue weighted by Gasteiger charge is 2.49. The zero-order valence-electron chi connectivity index (χ0n) is 33.5. The number of phenols is 3. The van der Waals surface area contributed by atoms with Gasteiger partial charge >= 0.3 is 5.97 Å². The van der Waals surface area contributed by atoms with Crippen molar-refractivity contribution in [3.63, 3.8) is 0 Å². The van der Waals surface area contributed by atoms with Crippen LogP contribution in [0.5, 0.6) is 28.7 Å². The van der Waals surface area contributed by atoms with Gasteiger partial charge in [-0.25, -0.2) is 4.79 Å². The molecule has 0 aromatic heterocycles. The van der Waals surface area contributed by atoms with Crippen LogP contribution < -0.4 is 14.9 Å². The second kappa shape index (κ2) is 19.3. The molecule has 2 aromatic rings. The van der Waals surface area contributed by atoms with Gasteiger partial charge in [0.25, 0.3) is 0 Å². The number of fused-ring (bicyclic) bond motifs is 1. The Balaban J connectivity index is 1.11. The Bertz CT molecular complexity index is 2300. The maximum Gasteiger partial charge on any atom is 0.331 e. The van der Waals surface area contributed by atoms with Crippen LogP contribution in [0.4, 0.5) is 0 Å². The predicted octanol–water partition coefficient (Wildman–Crippen LogP) is -2.00. The molecule has 0 bridgehead atoms. The average Bonchev–Trinajstić information content (AvgIpc) is 3.27. The van der Waals surface area contributed by atoms with Crippen molar-refractivity contribution in [1.82, 2.24) is 0 Å². The number of aliphatic hydroxyl groups is 9. The molecule has 2 aromatic carbocycles. The monoisotopic (exact) mass is 902 g/mol. The number of carbonyl (C=O) groups excluding carboxylic acids is 1. The maximum absolute atomic E-state index is 12.9. The summed E-state index contributed by atoms with van der Waals surface area (Å²) in [5.74, 6) is -3.11. The number of esters is 1. The Morgan fingerprint density at radius 2 is 1.30 bits per heavy atom. The number of rotatable bonds is 12. The van der Waals surface area contributed by atoms with Crippen molar-refractivity contribution in [2.24, 2.45) is 0 Å². The summed E-state index contributed by atoms with van der Waals surface area (Å²) in [5.41, 5.74) is -0.177. The van der Waals surface area contributed by atoms with Gasteiger partial charge in [0, 0.05) is 23.8 Å². The largest absolute Gasteiger partial charge is 0.508 e. The minimum atomic E-state index is -1.99. The molecule has 3 saturated heterocycles. The van der Waals surface area contributed by atoms with E-state index in [0.717, 1.165) is 30.3 Å². The lowest BCUT2D eigenvalue weighted by Crippen LogP contribution is -2.62. The van der Waals surface area contributed by atoms with E-state index in [1.54, 1.807) is 12.1 Å². The van der Waals surface area contributed by atoms with Crippen LogP contribution in [0.15, 0.2) is 76.0 Å². The topological polar surface area (TPSA) is 355 Å². The van der Waals surface area contributed by atoms with Gasteiger partial charge in [-0.1, -0.05) is 12.1 Å². The number of aliphatic hydroxyl groups excluding tert-OH is 9. The number of hydrogen-bond donors (Lipinski definition) is 12. The summed E-state index contributed by atoms with van der Waals surface area (Å²) in [7, 11) is 0. The molecule has 22 heteroatoms. The lowest BCUT2D eigenvalue weighted by Gasteiger charge is -2.43. The summed E-state index contributed by atoms with van der Waals surface area (Å²) in [6, 6.07) is 12.6. The van der Waals surface area contributed by atoms with Gasteiger partial charge in [-0.3, -0.25) is 4.79 Å². The third kappa shape index (κ3) is 9.79. The van der Waals surface area contributed by atoms with Gasteiger partial charge in [0.05, 0.1) is 24.9 Å². The van der Waals surface area contributed by atoms with Crippen LogP contribution in [0.1, 0.15) is 12.5 Å². The zero-order valence-corrected chi connectivity index (χ0v) is 33.5. The molecule has 0 saturated carbocycles. The molecule has 12 N–H and O–H groups in total. The molecule has 4 heterocycles. The first-order valence-corrected chi connectivity index (χ1v) is 19.7. The standard InChI is InChI=1S/C42H46O22/c1-16-38(64-29(48)9-4-17-2-6-19(44)7-3-17)34(53)37(56)40(58-16)57-15-28-31(50)33(52)36(55)42(63-28)61-26-13-21-24(59-39(26)18-5-8-22(46)23(47)10-18)11-20(45)12-25(21)60-41-35(54)32(51)30(49)27(14-43)62-41/h2-13,16,27-28,30-38,40-44,46-47,49-56H,14-15H2,1H3/b9-4+/t16-,27+,28+,30+,31+,32-,33-,34-,35+,36+,37+,38-,40+,41+,42+/m0/s1. The lowest BCUT2D eigenvalue weighted by atomic mass is 9.98. The summed E-state index contributed by atoms with van der Waals surface area (Å²) in [6.07, 6.45) is -22.9. The molecule has 0 radical (unpaired) electrons. The fraction of sp³-hybridized carbons (Fsp3) is 0.429. The van der Waals surface area contributed by atoms with E-state index in [4.69, 9.17) is 37.6 Å². The van der Waals surface area contributed by atoms with Gasteiger partial charge in [0.1, 0.15) is 78.3 Å². The van der Waals surface area contributed by atoms with E-state index in [9.17, 15) is 70.9 Å². The summed E-state index contributed by atoms with van der Waals surface area (Å²) in [6.45, 7) is -0.0215. The number of carbonyl (C=O) groups is 1. The molecule has 64 heavy (non-hydrogen) atoms. The Kier molecular flexibility index (Phi) is 14.1. The first kappa shape index (κ1) is 46.5. The van der Waals surface area contributed by atoms with Gasteiger partial charge in [-0.2, -0.15) is 0 Å². The Morgan fingerprint density at radius 1 is 0.672 bits per heavy atom. The Hall–Kier alpha value is -5.44. The van der Waals surface area contributed by atoms with Gasteiger partial charge in [0.2, 0.25) is 12.6 Å². The smallest absolute Gasteiger partial charge is 0.331 e. The fourth-order valence-electron chi connectivity index (χ4n) is 7.20. The summed E-state index contributed by atoms with van der Waals surface area (Å²) in [4.78, 5) is 25.4. The number of benzene rings is 3. The minimum absolute atomic E-state index is 0.0247. The Morgan fingerprint density at radius 3 is 1.95 bits per heavy atom. The zero-order chi connectivity index (χ0) is 46.1. The summed E-state index contributed by atoms with van der Waals surface area (Å²) in [5, 5.41) is 125. The lowest BCUT2D eigenvalue weighted by molar-refractivity contribution is -0.319. The van der Waals surface area contributed by atoms with E-state index < -0.39 is 128 Å². The average molecular weight is 903 g/mol. The third-order valence-electron chi connectivity index (χ3n) is 10.8. The molecule has 1 aliphatic carbocycles. The SMILES string of the molecule is C[C@@H]1O[C@@H](OC[C@H]2O[C@@H](Oc3cc4c(O[C@@H]5O[C@H](CO)[C@@H](O)[C@H](O)[C@H]5O)cc(=O)cc-4oc3-c3ccc(O)c(O)c3)[C@H](O)[C@@H](O)[C@@H]2O)[C@H](O)[C@H](O)[C@H]1OC(=O)/C=C/c1ccc(O)cc1. The molecule has 7 rings (SSSR count). The van der Waals surface area contributed by atoms with Crippen LogP contribution in [0.25, 0.3) is 28.7 Å². The van der Waals surface area contributed by atoms with Crippen LogP contribution in [-0.4, -0.2) is 173 Å². The summed E-state index contributed by atoms with van der Waals surface area (Å²) >= 11 is 0. The van der Waals surface area contributed by atoms with E-state index >= 15 is 0 Å². The summed E-state index contributed by atoms with van der Waals surface area (Å²) < 4.78 is 45.9. The molecule has 22 nitrogen and oxygen atoms in total. The molecule has 5 aliphatic rings.